The van der Waals surface area contributed by atoms with Crippen LogP contribution in [-0.2, 0) is 4.79 Å². The van der Waals surface area contributed by atoms with E-state index >= 15 is 0 Å². The SMILES string of the molecule is Cl.O=C(NC(CC(F)(F)F)c1ccc(F)cc1)C1CCNCC1. The Morgan fingerprint density at radius 3 is 2.30 bits per heavy atom. The summed E-state index contributed by atoms with van der Waals surface area (Å²) < 4.78 is 51.1. The van der Waals surface area contributed by atoms with Crippen molar-refractivity contribution in [2.45, 2.75) is 31.5 Å². The van der Waals surface area contributed by atoms with Gasteiger partial charge in [0.25, 0.3) is 0 Å². The van der Waals surface area contributed by atoms with Crippen LogP contribution in [0, 0.1) is 11.7 Å². The van der Waals surface area contributed by atoms with Crippen LogP contribution >= 0.6 is 12.4 Å². The zero-order valence-corrected chi connectivity index (χ0v) is 13.1. The molecular formula is C15H19ClF4N2O. The van der Waals surface area contributed by atoms with E-state index in [4.69, 9.17) is 0 Å². The van der Waals surface area contributed by atoms with Crippen LogP contribution in [0.3, 0.4) is 0 Å². The first-order chi connectivity index (χ1) is 10.3. The van der Waals surface area contributed by atoms with Crippen molar-refractivity contribution in [1.82, 2.24) is 10.6 Å². The average Bonchev–Trinajstić information content (AvgIpc) is 2.47. The third-order valence-electron chi connectivity index (χ3n) is 3.73. The van der Waals surface area contributed by atoms with Gasteiger partial charge in [-0.25, -0.2) is 4.39 Å². The molecule has 23 heavy (non-hydrogen) atoms. The zero-order valence-electron chi connectivity index (χ0n) is 12.3. The van der Waals surface area contributed by atoms with Crippen LogP contribution in [-0.4, -0.2) is 25.2 Å². The highest BCUT2D eigenvalue weighted by molar-refractivity contribution is 5.85. The van der Waals surface area contributed by atoms with Crippen LogP contribution in [0.25, 0.3) is 0 Å². The molecule has 1 heterocycles. The molecule has 0 spiro atoms. The van der Waals surface area contributed by atoms with Gasteiger partial charge in [0.2, 0.25) is 5.91 Å². The van der Waals surface area contributed by atoms with E-state index in [0.29, 0.717) is 25.9 Å². The quantitative estimate of drug-likeness (QED) is 0.814. The Morgan fingerprint density at radius 1 is 1.22 bits per heavy atom. The maximum Gasteiger partial charge on any atom is 0.391 e. The van der Waals surface area contributed by atoms with E-state index in [0.717, 1.165) is 12.1 Å². The van der Waals surface area contributed by atoms with Gasteiger partial charge in [-0.1, -0.05) is 12.1 Å². The summed E-state index contributed by atoms with van der Waals surface area (Å²) in [7, 11) is 0. The van der Waals surface area contributed by atoms with Crippen molar-refractivity contribution in [2.24, 2.45) is 5.92 Å². The summed E-state index contributed by atoms with van der Waals surface area (Å²) >= 11 is 0. The largest absolute Gasteiger partial charge is 0.391 e. The minimum Gasteiger partial charge on any atom is -0.349 e. The number of carbonyl (C=O) groups excluding carboxylic acids is 1. The van der Waals surface area contributed by atoms with Crippen LogP contribution in [0.1, 0.15) is 30.9 Å². The summed E-state index contributed by atoms with van der Waals surface area (Å²) in [6.45, 7) is 1.36. The molecule has 130 valence electrons. The summed E-state index contributed by atoms with van der Waals surface area (Å²) in [5.74, 6) is -1.18. The Kier molecular flexibility index (Phi) is 7.28. The van der Waals surface area contributed by atoms with Crippen LogP contribution in [0.15, 0.2) is 24.3 Å². The fourth-order valence-electron chi connectivity index (χ4n) is 2.55. The molecule has 1 aromatic carbocycles. The van der Waals surface area contributed by atoms with Gasteiger partial charge < -0.3 is 10.6 Å². The van der Waals surface area contributed by atoms with E-state index < -0.39 is 24.5 Å². The second kappa shape index (κ2) is 8.49. The lowest BCUT2D eigenvalue weighted by Crippen LogP contribution is -2.40. The van der Waals surface area contributed by atoms with Gasteiger partial charge in [0.1, 0.15) is 5.82 Å². The number of hydrogen-bond donors (Lipinski definition) is 2. The number of benzene rings is 1. The summed E-state index contributed by atoms with van der Waals surface area (Å²) in [4.78, 5) is 12.2. The highest BCUT2D eigenvalue weighted by atomic mass is 35.5. The molecule has 3 nitrogen and oxygen atoms in total. The number of amides is 1. The number of rotatable bonds is 4. The van der Waals surface area contributed by atoms with E-state index in [1.165, 1.54) is 12.1 Å². The maximum absolute atomic E-state index is 12.9. The zero-order chi connectivity index (χ0) is 16.2. The van der Waals surface area contributed by atoms with Gasteiger partial charge in [0.05, 0.1) is 12.5 Å². The van der Waals surface area contributed by atoms with Crippen molar-refractivity contribution in [1.29, 1.82) is 0 Å². The van der Waals surface area contributed by atoms with Gasteiger partial charge in [-0.05, 0) is 43.6 Å². The van der Waals surface area contributed by atoms with E-state index in [1.807, 2.05) is 0 Å². The summed E-state index contributed by atoms with van der Waals surface area (Å²) in [6, 6.07) is 3.54. The van der Waals surface area contributed by atoms with E-state index in [9.17, 15) is 22.4 Å². The maximum atomic E-state index is 12.9. The van der Waals surface area contributed by atoms with Gasteiger partial charge in [0.15, 0.2) is 0 Å². The van der Waals surface area contributed by atoms with Crippen LogP contribution in [0.2, 0.25) is 0 Å². The summed E-state index contributed by atoms with van der Waals surface area (Å²) in [5, 5.41) is 5.57. The predicted octanol–water partition coefficient (Wildman–Crippen LogP) is 3.36. The molecule has 1 fully saturated rings. The molecule has 1 atom stereocenters. The molecule has 0 aromatic heterocycles. The molecule has 0 radical (unpaired) electrons. The monoisotopic (exact) mass is 354 g/mol. The molecule has 1 saturated heterocycles. The predicted molar refractivity (Wildman–Crippen MR) is 80.8 cm³/mol. The third-order valence-corrected chi connectivity index (χ3v) is 3.73. The number of carbonyl (C=O) groups is 1. The Morgan fingerprint density at radius 2 is 1.78 bits per heavy atom. The van der Waals surface area contributed by atoms with Crippen molar-refractivity contribution < 1.29 is 22.4 Å². The first-order valence-corrected chi connectivity index (χ1v) is 7.18. The number of nitrogens with one attached hydrogen (secondary N) is 2. The minimum absolute atomic E-state index is 0. The van der Waals surface area contributed by atoms with Crippen molar-refractivity contribution in [3.05, 3.63) is 35.6 Å². The number of halogens is 5. The Balaban J connectivity index is 0.00000264. The smallest absolute Gasteiger partial charge is 0.349 e. The average molecular weight is 355 g/mol. The molecule has 1 aromatic rings. The lowest BCUT2D eigenvalue weighted by Gasteiger charge is -2.26. The Bertz CT molecular complexity index is 501. The highest BCUT2D eigenvalue weighted by Gasteiger charge is 2.34. The molecule has 0 aliphatic carbocycles. The summed E-state index contributed by atoms with van der Waals surface area (Å²) in [6.07, 6.45) is -4.38. The molecule has 1 aliphatic heterocycles. The second-order valence-electron chi connectivity index (χ2n) is 5.46. The molecule has 0 bridgehead atoms. The number of hydrogen-bond acceptors (Lipinski definition) is 2. The van der Waals surface area contributed by atoms with Crippen molar-refractivity contribution in [3.63, 3.8) is 0 Å². The standard InChI is InChI=1S/C15H18F4N2O.ClH/c16-12-3-1-10(2-4-12)13(9-15(17,18)19)21-14(22)11-5-7-20-8-6-11;/h1-4,11,13,20H,5-9H2,(H,21,22);1H. The van der Waals surface area contributed by atoms with Gasteiger partial charge in [0, 0.05) is 5.92 Å². The second-order valence-corrected chi connectivity index (χ2v) is 5.46. The van der Waals surface area contributed by atoms with Gasteiger partial charge >= 0.3 is 6.18 Å². The van der Waals surface area contributed by atoms with Crippen LogP contribution in [0.5, 0.6) is 0 Å². The topological polar surface area (TPSA) is 41.1 Å². The summed E-state index contributed by atoms with van der Waals surface area (Å²) in [5.41, 5.74) is 0.251. The first kappa shape index (κ1) is 19.7. The normalized spacial score (nSPS) is 17.2. The molecule has 1 amide bonds. The molecule has 2 rings (SSSR count). The Labute approximate surface area is 138 Å². The van der Waals surface area contributed by atoms with E-state index in [1.54, 1.807) is 0 Å². The van der Waals surface area contributed by atoms with Crippen LogP contribution in [0.4, 0.5) is 17.6 Å². The van der Waals surface area contributed by atoms with Gasteiger partial charge in [-0.15, -0.1) is 12.4 Å². The molecule has 1 unspecified atom stereocenters. The van der Waals surface area contributed by atoms with E-state index in [2.05, 4.69) is 10.6 Å². The lowest BCUT2D eigenvalue weighted by atomic mass is 9.95. The number of piperidine rings is 1. The molecular weight excluding hydrogens is 336 g/mol. The lowest BCUT2D eigenvalue weighted by molar-refractivity contribution is -0.144. The molecule has 0 saturated carbocycles. The van der Waals surface area contributed by atoms with Crippen molar-refractivity contribution in [3.8, 4) is 0 Å². The fraction of sp³-hybridized carbons (Fsp3) is 0.533. The van der Waals surface area contributed by atoms with E-state index in [-0.39, 0.29) is 29.8 Å². The highest BCUT2D eigenvalue weighted by Crippen LogP contribution is 2.30. The van der Waals surface area contributed by atoms with Crippen LogP contribution < -0.4 is 10.6 Å². The number of alkyl halides is 3. The van der Waals surface area contributed by atoms with Gasteiger partial charge in [-0.3, -0.25) is 4.79 Å². The third kappa shape index (κ3) is 6.35. The fourth-order valence-corrected chi connectivity index (χ4v) is 2.55. The molecule has 1 aliphatic rings. The Hall–Kier alpha value is -1.34. The molecule has 8 heteroatoms. The van der Waals surface area contributed by atoms with Gasteiger partial charge in [-0.2, -0.15) is 13.2 Å². The minimum atomic E-state index is -4.42. The van der Waals surface area contributed by atoms with Crippen molar-refractivity contribution >= 4 is 18.3 Å². The van der Waals surface area contributed by atoms with Crippen molar-refractivity contribution in [2.75, 3.05) is 13.1 Å². The first-order valence-electron chi connectivity index (χ1n) is 7.18. The molecule has 2 N–H and O–H groups in total.